The molecule has 23 heavy (non-hydrogen) atoms. The quantitative estimate of drug-likeness (QED) is 0.832. The molecule has 0 unspecified atom stereocenters. The van der Waals surface area contributed by atoms with E-state index in [9.17, 15) is 22.0 Å². The number of hydrogen-bond acceptors (Lipinski definition) is 3. The maximum atomic E-state index is 13.7. The summed E-state index contributed by atoms with van der Waals surface area (Å²) in [5.41, 5.74) is 0.220. The molecule has 0 aromatic heterocycles. The standard InChI is InChI=1S/C15H20F2N2O3S/c1-18(9-11-5-6-13(16)8-14(11)17)15(20)12-4-3-7-19(10-12)23(2,21)22/h5-6,8,12H,3-4,7,9-10H2,1-2H3/t12-/m0/s1. The monoisotopic (exact) mass is 346 g/mol. The van der Waals surface area contributed by atoms with E-state index in [1.165, 1.54) is 22.3 Å². The van der Waals surface area contributed by atoms with E-state index >= 15 is 0 Å². The molecule has 1 aliphatic rings. The molecule has 1 aromatic rings. The number of carbonyl (C=O) groups excluding carboxylic acids is 1. The molecule has 0 aliphatic carbocycles. The first-order valence-electron chi connectivity index (χ1n) is 7.32. The van der Waals surface area contributed by atoms with Crippen LogP contribution in [0.1, 0.15) is 18.4 Å². The first kappa shape index (κ1) is 17.8. The van der Waals surface area contributed by atoms with Crippen LogP contribution < -0.4 is 0 Å². The van der Waals surface area contributed by atoms with Crippen LogP contribution in [0.4, 0.5) is 8.78 Å². The molecular weight excluding hydrogens is 326 g/mol. The van der Waals surface area contributed by atoms with E-state index in [4.69, 9.17) is 0 Å². The molecule has 1 amide bonds. The number of hydrogen-bond donors (Lipinski definition) is 0. The lowest BCUT2D eigenvalue weighted by molar-refractivity contribution is -0.135. The largest absolute Gasteiger partial charge is 0.341 e. The summed E-state index contributed by atoms with van der Waals surface area (Å²) in [6, 6.07) is 3.22. The van der Waals surface area contributed by atoms with Crippen LogP contribution in [0.25, 0.3) is 0 Å². The van der Waals surface area contributed by atoms with Crippen LogP contribution in [-0.4, -0.2) is 49.9 Å². The Hall–Kier alpha value is -1.54. The van der Waals surface area contributed by atoms with Gasteiger partial charge in [0.25, 0.3) is 0 Å². The van der Waals surface area contributed by atoms with Gasteiger partial charge in [0.2, 0.25) is 15.9 Å². The third-order valence-corrected chi connectivity index (χ3v) is 5.27. The highest BCUT2D eigenvalue weighted by atomic mass is 32.2. The molecule has 1 atom stereocenters. The average molecular weight is 346 g/mol. The molecule has 1 saturated heterocycles. The van der Waals surface area contributed by atoms with Gasteiger partial charge in [-0.3, -0.25) is 4.79 Å². The zero-order valence-electron chi connectivity index (χ0n) is 13.1. The normalized spacial score (nSPS) is 19.6. The van der Waals surface area contributed by atoms with Crippen LogP contribution in [0.15, 0.2) is 18.2 Å². The number of piperidine rings is 1. The predicted molar refractivity (Wildman–Crippen MR) is 82.0 cm³/mol. The van der Waals surface area contributed by atoms with Crippen LogP contribution >= 0.6 is 0 Å². The fraction of sp³-hybridized carbons (Fsp3) is 0.533. The van der Waals surface area contributed by atoms with Gasteiger partial charge >= 0.3 is 0 Å². The van der Waals surface area contributed by atoms with Gasteiger partial charge in [-0.05, 0) is 18.9 Å². The Bertz CT molecular complexity index is 694. The van der Waals surface area contributed by atoms with E-state index in [1.54, 1.807) is 0 Å². The summed E-state index contributed by atoms with van der Waals surface area (Å²) >= 11 is 0. The zero-order chi connectivity index (χ0) is 17.2. The fourth-order valence-corrected chi connectivity index (χ4v) is 3.65. The van der Waals surface area contributed by atoms with E-state index in [2.05, 4.69) is 0 Å². The van der Waals surface area contributed by atoms with Gasteiger partial charge in [0.15, 0.2) is 0 Å². The Morgan fingerprint density at radius 2 is 2.09 bits per heavy atom. The molecular formula is C15H20F2N2O3S. The minimum atomic E-state index is -3.33. The van der Waals surface area contributed by atoms with E-state index in [0.29, 0.717) is 19.4 Å². The molecule has 1 heterocycles. The minimum Gasteiger partial charge on any atom is -0.341 e. The summed E-state index contributed by atoms with van der Waals surface area (Å²) in [4.78, 5) is 13.8. The van der Waals surface area contributed by atoms with Gasteiger partial charge in [0.1, 0.15) is 11.6 Å². The SMILES string of the molecule is CN(Cc1ccc(F)cc1F)C(=O)[C@H]1CCCN(S(C)(=O)=O)C1. The highest BCUT2D eigenvalue weighted by Gasteiger charge is 2.31. The molecule has 1 aromatic carbocycles. The Kier molecular flexibility index (Phi) is 5.36. The van der Waals surface area contributed by atoms with Crippen LogP contribution in [0.2, 0.25) is 0 Å². The van der Waals surface area contributed by atoms with E-state index in [0.717, 1.165) is 18.4 Å². The summed E-state index contributed by atoms with van der Waals surface area (Å²) in [5.74, 6) is -2.04. The second-order valence-electron chi connectivity index (χ2n) is 5.89. The van der Waals surface area contributed by atoms with Gasteiger partial charge < -0.3 is 4.90 Å². The Labute approximate surface area is 134 Å². The second-order valence-corrected chi connectivity index (χ2v) is 7.87. The number of benzene rings is 1. The number of nitrogens with zero attached hydrogens (tertiary/aromatic N) is 2. The van der Waals surface area contributed by atoms with Crippen molar-refractivity contribution >= 4 is 15.9 Å². The summed E-state index contributed by atoms with van der Waals surface area (Å²) in [7, 11) is -1.80. The molecule has 0 radical (unpaired) electrons. The topological polar surface area (TPSA) is 57.7 Å². The number of carbonyl (C=O) groups is 1. The molecule has 1 aliphatic heterocycles. The molecule has 128 valence electrons. The molecule has 2 rings (SSSR count). The molecule has 5 nitrogen and oxygen atoms in total. The minimum absolute atomic E-state index is 0.0142. The van der Waals surface area contributed by atoms with Crippen LogP contribution in [0.5, 0.6) is 0 Å². The van der Waals surface area contributed by atoms with Crippen molar-refractivity contribution in [1.29, 1.82) is 0 Å². The summed E-state index contributed by atoms with van der Waals surface area (Å²) in [6.45, 7) is 0.577. The van der Waals surface area contributed by atoms with Gasteiger partial charge in [-0.15, -0.1) is 0 Å². The van der Waals surface area contributed by atoms with Crippen LogP contribution in [0, 0.1) is 17.6 Å². The number of amides is 1. The molecule has 0 bridgehead atoms. The molecule has 0 N–H and O–H groups in total. The predicted octanol–water partition coefficient (Wildman–Crippen LogP) is 1.59. The molecule has 0 saturated carbocycles. The van der Waals surface area contributed by atoms with E-state index < -0.39 is 27.6 Å². The summed E-state index contributed by atoms with van der Waals surface area (Å²) in [5, 5.41) is 0. The van der Waals surface area contributed by atoms with Gasteiger partial charge in [-0.25, -0.2) is 21.5 Å². The Morgan fingerprint density at radius 1 is 1.39 bits per heavy atom. The lowest BCUT2D eigenvalue weighted by Gasteiger charge is -2.32. The van der Waals surface area contributed by atoms with Crippen molar-refractivity contribution in [3.05, 3.63) is 35.4 Å². The van der Waals surface area contributed by atoms with Gasteiger partial charge in [-0.1, -0.05) is 6.07 Å². The van der Waals surface area contributed by atoms with Crippen molar-refractivity contribution in [1.82, 2.24) is 9.21 Å². The lowest BCUT2D eigenvalue weighted by atomic mass is 9.98. The highest BCUT2D eigenvalue weighted by molar-refractivity contribution is 7.88. The van der Waals surface area contributed by atoms with Crippen molar-refractivity contribution in [2.75, 3.05) is 26.4 Å². The first-order chi connectivity index (χ1) is 10.7. The average Bonchev–Trinajstić information content (AvgIpc) is 2.48. The Morgan fingerprint density at radius 3 is 2.70 bits per heavy atom. The van der Waals surface area contributed by atoms with Crippen molar-refractivity contribution in [2.45, 2.75) is 19.4 Å². The fourth-order valence-electron chi connectivity index (χ4n) is 2.74. The smallest absolute Gasteiger partial charge is 0.227 e. The van der Waals surface area contributed by atoms with Crippen molar-refractivity contribution in [2.24, 2.45) is 5.92 Å². The molecule has 8 heteroatoms. The molecule has 1 fully saturated rings. The maximum absolute atomic E-state index is 13.7. The van der Waals surface area contributed by atoms with E-state index in [1.807, 2.05) is 0 Å². The zero-order valence-corrected chi connectivity index (χ0v) is 13.9. The third kappa shape index (κ3) is 4.48. The van der Waals surface area contributed by atoms with Crippen LogP contribution in [0.3, 0.4) is 0 Å². The van der Waals surface area contributed by atoms with E-state index in [-0.39, 0.29) is 24.6 Å². The van der Waals surface area contributed by atoms with Gasteiger partial charge in [0, 0.05) is 38.3 Å². The van der Waals surface area contributed by atoms with Crippen molar-refractivity contribution < 1.29 is 22.0 Å². The maximum Gasteiger partial charge on any atom is 0.227 e. The summed E-state index contributed by atoms with van der Waals surface area (Å²) in [6.07, 6.45) is 2.33. The molecule has 0 spiro atoms. The Balaban J connectivity index is 2.04. The lowest BCUT2D eigenvalue weighted by Crippen LogP contribution is -2.45. The number of sulfonamides is 1. The van der Waals surface area contributed by atoms with Gasteiger partial charge in [0.05, 0.1) is 12.2 Å². The number of halogens is 2. The first-order valence-corrected chi connectivity index (χ1v) is 9.17. The van der Waals surface area contributed by atoms with Crippen LogP contribution in [-0.2, 0) is 21.4 Å². The third-order valence-electron chi connectivity index (χ3n) is 4.00. The van der Waals surface area contributed by atoms with Gasteiger partial charge in [-0.2, -0.15) is 0 Å². The van der Waals surface area contributed by atoms with Crippen molar-refractivity contribution in [3.63, 3.8) is 0 Å². The second kappa shape index (κ2) is 6.92. The number of rotatable bonds is 4. The highest BCUT2D eigenvalue weighted by Crippen LogP contribution is 2.21. The van der Waals surface area contributed by atoms with Crippen molar-refractivity contribution in [3.8, 4) is 0 Å². The summed E-state index contributed by atoms with van der Waals surface area (Å²) < 4.78 is 51.1.